The van der Waals surface area contributed by atoms with E-state index in [0.717, 1.165) is 22.4 Å². The van der Waals surface area contributed by atoms with E-state index in [9.17, 15) is 4.79 Å². The minimum absolute atomic E-state index is 0.304. The third-order valence-corrected chi connectivity index (χ3v) is 3.02. The number of rotatable bonds is 2. The third kappa shape index (κ3) is 1.38. The molecule has 0 atom stereocenters. The van der Waals surface area contributed by atoms with E-state index in [1.165, 1.54) is 12.8 Å². The van der Waals surface area contributed by atoms with Crippen molar-refractivity contribution in [3.63, 3.8) is 0 Å². The van der Waals surface area contributed by atoms with Gasteiger partial charge in [-0.1, -0.05) is 0 Å². The van der Waals surface area contributed by atoms with E-state index in [1.807, 2.05) is 6.92 Å². The topological polar surface area (TPSA) is 66.0 Å². The number of carbonyl (C=O) groups is 1. The molecule has 0 unspecified atom stereocenters. The maximum Gasteiger partial charge on any atom is 0.335 e. The summed E-state index contributed by atoms with van der Waals surface area (Å²) >= 11 is 0. The molecule has 1 aromatic heterocycles. The minimum Gasteiger partial charge on any atom is -0.478 e. The van der Waals surface area contributed by atoms with Gasteiger partial charge in [0.2, 0.25) is 0 Å². The lowest BCUT2D eigenvalue weighted by Gasteiger charge is -1.97. The molecule has 0 spiro atoms. The average molecular weight is 216 g/mol. The standard InChI is InChI=1S/C12H12N2O2/c1-6-4-8(12(15)16)5-9-10(6)14-11(13-9)7-2-3-7/h4-5,7H,2-3H2,1H3,(H,13,14)(H,15,16). The number of hydrogen-bond acceptors (Lipinski definition) is 2. The van der Waals surface area contributed by atoms with E-state index >= 15 is 0 Å². The average Bonchev–Trinajstić information content (AvgIpc) is 2.98. The lowest BCUT2D eigenvalue weighted by Crippen LogP contribution is -1.96. The number of aromatic nitrogens is 2. The Morgan fingerprint density at radius 2 is 2.25 bits per heavy atom. The monoisotopic (exact) mass is 216 g/mol. The molecule has 16 heavy (non-hydrogen) atoms. The van der Waals surface area contributed by atoms with E-state index < -0.39 is 5.97 Å². The Morgan fingerprint density at radius 1 is 1.50 bits per heavy atom. The Kier molecular flexibility index (Phi) is 1.80. The van der Waals surface area contributed by atoms with Crippen LogP contribution >= 0.6 is 0 Å². The van der Waals surface area contributed by atoms with E-state index in [4.69, 9.17) is 5.11 Å². The number of carboxylic acids is 1. The summed E-state index contributed by atoms with van der Waals surface area (Å²) in [6.07, 6.45) is 2.37. The fourth-order valence-electron chi connectivity index (χ4n) is 1.98. The van der Waals surface area contributed by atoms with Gasteiger partial charge in [-0.3, -0.25) is 0 Å². The lowest BCUT2D eigenvalue weighted by atomic mass is 10.1. The van der Waals surface area contributed by atoms with E-state index in [0.29, 0.717) is 11.5 Å². The van der Waals surface area contributed by atoms with Crippen LogP contribution in [0, 0.1) is 6.92 Å². The Labute approximate surface area is 92.3 Å². The predicted molar refractivity (Wildman–Crippen MR) is 59.8 cm³/mol. The molecule has 82 valence electrons. The van der Waals surface area contributed by atoms with Crippen molar-refractivity contribution in [2.75, 3.05) is 0 Å². The molecule has 1 aliphatic carbocycles. The van der Waals surface area contributed by atoms with Crippen LogP contribution in [0.3, 0.4) is 0 Å². The van der Waals surface area contributed by atoms with Gasteiger partial charge in [0.1, 0.15) is 5.82 Å². The molecule has 1 saturated carbocycles. The third-order valence-electron chi connectivity index (χ3n) is 3.02. The molecular formula is C12H12N2O2. The van der Waals surface area contributed by atoms with Gasteiger partial charge < -0.3 is 10.1 Å². The van der Waals surface area contributed by atoms with Gasteiger partial charge in [0.25, 0.3) is 0 Å². The van der Waals surface area contributed by atoms with Crippen LogP contribution in [0.5, 0.6) is 0 Å². The number of fused-ring (bicyclic) bond motifs is 1. The van der Waals surface area contributed by atoms with Gasteiger partial charge in [-0.25, -0.2) is 9.78 Å². The van der Waals surface area contributed by atoms with Crippen molar-refractivity contribution < 1.29 is 9.90 Å². The first-order valence-electron chi connectivity index (χ1n) is 5.38. The summed E-state index contributed by atoms with van der Waals surface area (Å²) in [4.78, 5) is 18.7. The van der Waals surface area contributed by atoms with Crippen molar-refractivity contribution in [3.8, 4) is 0 Å². The zero-order valence-electron chi connectivity index (χ0n) is 8.95. The number of aromatic carboxylic acids is 1. The van der Waals surface area contributed by atoms with Gasteiger partial charge in [-0.15, -0.1) is 0 Å². The number of nitrogens with zero attached hydrogens (tertiary/aromatic N) is 1. The summed E-state index contributed by atoms with van der Waals surface area (Å²) < 4.78 is 0. The molecule has 4 nitrogen and oxygen atoms in total. The molecule has 0 bridgehead atoms. The van der Waals surface area contributed by atoms with Crippen LogP contribution in [-0.4, -0.2) is 21.0 Å². The highest BCUT2D eigenvalue weighted by molar-refractivity contribution is 5.93. The zero-order chi connectivity index (χ0) is 11.3. The number of benzene rings is 1. The highest BCUT2D eigenvalue weighted by Gasteiger charge is 2.27. The van der Waals surface area contributed by atoms with Crippen LogP contribution in [0.4, 0.5) is 0 Å². The molecule has 3 rings (SSSR count). The van der Waals surface area contributed by atoms with Gasteiger partial charge in [0.05, 0.1) is 16.6 Å². The van der Waals surface area contributed by atoms with Crippen LogP contribution in [0.2, 0.25) is 0 Å². The van der Waals surface area contributed by atoms with Gasteiger partial charge >= 0.3 is 5.97 Å². The Morgan fingerprint density at radius 3 is 2.88 bits per heavy atom. The summed E-state index contributed by atoms with van der Waals surface area (Å²) in [5, 5.41) is 8.96. The van der Waals surface area contributed by atoms with Gasteiger partial charge in [-0.2, -0.15) is 0 Å². The molecule has 1 aromatic carbocycles. The Bertz CT molecular complexity index is 582. The first-order chi connectivity index (χ1) is 7.65. The Balaban J connectivity index is 2.21. The molecule has 4 heteroatoms. The molecule has 2 aromatic rings. The first kappa shape index (κ1) is 9.39. The number of nitrogens with one attached hydrogen (secondary N) is 1. The molecule has 2 N–H and O–H groups in total. The molecule has 0 saturated heterocycles. The number of H-pyrrole nitrogens is 1. The highest BCUT2D eigenvalue weighted by Crippen LogP contribution is 2.39. The maximum atomic E-state index is 10.9. The van der Waals surface area contributed by atoms with Crippen molar-refractivity contribution in [3.05, 3.63) is 29.1 Å². The fourth-order valence-corrected chi connectivity index (χ4v) is 1.98. The van der Waals surface area contributed by atoms with Crippen LogP contribution < -0.4 is 0 Å². The molecule has 0 amide bonds. The molecule has 1 aliphatic rings. The van der Waals surface area contributed by atoms with Crippen molar-refractivity contribution in [2.24, 2.45) is 0 Å². The highest BCUT2D eigenvalue weighted by atomic mass is 16.4. The lowest BCUT2D eigenvalue weighted by molar-refractivity contribution is 0.0697. The second-order valence-electron chi connectivity index (χ2n) is 4.39. The first-order valence-corrected chi connectivity index (χ1v) is 5.38. The summed E-state index contributed by atoms with van der Waals surface area (Å²) in [7, 11) is 0. The summed E-state index contributed by atoms with van der Waals surface area (Å²) in [6.45, 7) is 1.91. The quantitative estimate of drug-likeness (QED) is 0.810. The number of carboxylic acid groups (broad SMARTS) is 1. The van der Waals surface area contributed by atoms with Gasteiger partial charge in [0.15, 0.2) is 0 Å². The van der Waals surface area contributed by atoms with Crippen LogP contribution in [0.25, 0.3) is 11.0 Å². The van der Waals surface area contributed by atoms with Crippen molar-refractivity contribution in [1.29, 1.82) is 0 Å². The smallest absolute Gasteiger partial charge is 0.335 e. The second-order valence-corrected chi connectivity index (χ2v) is 4.39. The number of aryl methyl sites for hydroxylation is 1. The molecule has 0 aliphatic heterocycles. The normalized spacial score (nSPS) is 15.6. The summed E-state index contributed by atoms with van der Waals surface area (Å²) in [5.74, 6) is 0.654. The van der Waals surface area contributed by atoms with Crippen LogP contribution in [0.15, 0.2) is 12.1 Å². The molecule has 0 radical (unpaired) electrons. The predicted octanol–water partition coefficient (Wildman–Crippen LogP) is 2.45. The Hall–Kier alpha value is -1.84. The van der Waals surface area contributed by atoms with Crippen molar-refractivity contribution >= 4 is 17.0 Å². The number of imidazole rings is 1. The zero-order valence-corrected chi connectivity index (χ0v) is 8.95. The van der Waals surface area contributed by atoms with E-state index in [1.54, 1.807) is 12.1 Å². The fraction of sp³-hybridized carbons (Fsp3) is 0.333. The molecule has 1 fully saturated rings. The molecular weight excluding hydrogens is 204 g/mol. The van der Waals surface area contributed by atoms with Crippen LogP contribution in [-0.2, 0) is 0 Å². The van der Waals surface area contributed by atoms with E-state index in [-0.39, 0.29) is 0 Å². The SMILES string of the molecule is Cc1cc(C(=O)O)cc2nc(C3CC3)[nH]c12. The summed E-state index contributed by atoms with van der Waals surface area (Å²) in [6, 6.07) is 3.31. The second kappa shape index (κ2) is 3.07. The van der Waals surface area contributed by atoms with Gasteiger partial charge in [-0.05, 0) is 37.5 Å². The van der Waals surface area contributed by atoms with Crippen molar-refractivity contribution in [1.82, 2.24) is 9.97 Å². The van der Waals surface area contributed by atoms with Crippen molar-refractivity contribution in [2.45, 2.75) is 25.7 Å². The molecule has 1 heterocycles. The number of aromatic amines is 1. The summed E-state index contributed by atoms with van der Waals surface area (Å²) in [5.41, 5.74) is 2.97. The van der Waals surface area contributed by atoms with Crippen LogP contribution in [0.1, 0.15) is 40.5 Å². The maximum absolute atomic E-state index is 10.9. The van der Waals surface area contributed by atoms with Gasteiger partial charge in [0, 0.05) is 5.92 Å². The number of hydrogen-bond donors (Lipinski definition) is 2. The van der Waals surface area contributed by atoms with E-state index in [2.05, 4.69) is 9.97 Å². The largest absolute Gasteiger partial charge is 0.478 e. The minimum atomic E-state index is -0.902.